The van der Waals surface area contributed by atoms with E-state index in [1.165, 1.54) is 43.3 Å². The highest BCUT2D eigenvalue weighted by atomic mass is 35.5. The van der Waals surface area contributed by atoms with Gasteiger partial charge in [-0.2, -0.15) is 0 Å². The molecule has 0 aliphatic carbocycles. The summed E-state index contributed by atoms with van der Waals surface area (Å²) in [6.07, 6.45) is 0.861. The summed E-state index contributed by atoms with van der Waals surface area (Å²) in [6.45, 7) is 1.52. The number of likely N-dealkylation sites (N-methyl/N-ethyl adjacent to an activating group) is 1. The molecule has 3 rings (SSSR count). The highest BCUT2D eigenvalue weighted by molar-refractivity contribution is 7.92. The van der Waals surface area contributed by atoms with Crippen LogP contribution >= 0.6 is 11.6 Å². The molecule has 0 bridgehead atoms. The third kappa shape index (κ3) is 6.85. The first-order valence-corrected chi connectivity index (χ1v) is 14.0. The molecule has 0 spiro atoms. The quantitative estimate of drug-likeness (QED) is 0.361. The van der Waals surface area contributed by atoms with Gasteiger partial charge in [-0.25, -0.2) is 8.42 Å². The third-order valence-electron chi connectivity index (χ3n) is 6.15. The van der Waals surface area contributed by atoms with Crippen LogP contribution in [-0.4, -0.2) is 58.4 Å². The summed E-state index contributed by atoms with van der Waals surface area (Å²) in [5, 5.41) is 2.81. The average molecular weight is 558 g/mol. The Balaban J connectivity index is 2.02. The monoisotopic (exact) mass is 557 g/mol. The van der Waals surface area contributed by atoms with Crippen LogP contribution in [0.25, 0.3) is 0 Å². The molecule has 10 heteroatoms. The number of sulfonamides is 1. The number of ether oxygens (including phenoxy) is 1. The second kappa shape index (κ2) is 13.3. The first-order valence-electron chi connectivity index (χ1n) is 12.2. The van der Waals surface area contributed by atoms with E-state index in [1.807, 2.05) is 37.3 Å². The van der Waals surface area contributed by atoms with Crippen molar-refractivity contribution in [1.29, 1.82) is 0 Å². The Kier molecular flexibility index (Phi) is 10.2. The molecule has 38 heavy (non-hydrogen) atoms. The Morgan fingerprint density at radius 2 is 1.63 bits per heavy atom. The molecule has 0 radical (unpaired) electrons. The number of methoxy groups -OCH3 is 1. The van der Waals surface area contributed by atoms with Crippen molar-refractivity contribution in [1.82, 2.24) is 10.2 Å². The van der Waals surface area contributed by atoms with Crippen LogP contribution in [0.4, 0.5) is 5.69 Å². The van der Waals surface area contributed by atoms with Gasteiger partial charge in [0.1, 0.15) is 18.3 Å². The van der Waals surface area contributed by atoms with E-state index in [1.54, 1.807) is 24.3 Å². The number of rotatable bonds is 12. The van der Waals surface area contributed by atoms with E-state index in [0.717, 1.165) is 9.87 Å². The maximum absolute atomic E-state index is 13.8. The molecule has 8 nitrogen and oxygen atoms in total. The molecule has 0 aromatic heterocycles. The number of halogens is 1. The maximum Gasteiger partial charge on any atom is 0.264 e. The van der Waals surface area contributed by atoms with Crippen molar-refractivity contribution >= 4 is 39.1 Å². The predicted octanol–water partition coefficient (Wildman–Crippen LogP) is 4.14. The lowest BCUT2D eigenvalue weighted by Gasteiger charge is -2.33. The first-order chi connectivity index (χ1) is 18.2. The van der Waals surface area contributed by atoms with Crippen LogP contribution in [0, 0.1) is 0 Å². The SMILES string of the molecule is CC[C@@H](C(=O)NC)N(CCc1ccccc1)C(=O)CN(c1ccc(OC)c(Cl)c1)S(=O)(=O)c1ccccc1. The predicted molar refractivity (Wildman–Crippen MR) is 149 cm³/mol. The normalized spacial score (nSPS) is 11.9. The maximum atomic E-state index is 13.8. The van der Waals surface area contributed by atoms with E-state index < -0.39 is 28.5 Å². The molecular formula is C28H32ClN3O5S. The minimum absolute atomic E-state index is 0.0221. The highest BCUT2D eigenvalue weighted by Gasteiger charge is 2.33. The van der Waals surface area contributed by atoms with Crippen molar-refractivity contribution in [2.45, 2.75) is 30.7 Å². The fraction of sp³-hybridized carbons (Fsp3) is 0.286. The standard InChI is InChI=1S/C28H32ClN3O5S/c1-4-25(28(34)30-2)31(18-17-21-11-7-5-8-12-21)27(33)20-32(22-15-16-26(37-3)24(29)19-22)38(35,36)23-13-9-6-10-14-23/h5-16,19,25H,4,17-18,20H2,1-3H3,(H,30,34)/t25-/m0/s1. The Morgan fingerprint density at radius 3 is 2.18 bits per heavy atom. The summed E-state index contributed by atoms with van der Waals surface area (Å²) < 4.78 is 33.8. The Labute approximate surface area is 229 Å². The van der Waals surface area contributed by atoms with Crippen molar-refractivity contribution in [3.8, 4) is 5.75 Å². The highest BCUT2D eigenvalue weighted by Crippen LogP contribution is 2.32. The van der Waals surface area contributed by atoms with Crippen molar-refractivity contribution in [2.24, 2.45) is 0 Å². The third-order valence-corrected chi connectivity index (χ3v) is 8.23. The summed E-state index contributed by atoms with van der Waals surface area (Å²) in [7, 11) is -1.19. The zero-order valence-electron chi connectivity index (χ0n) is 21.6. The van der Waals surface area contributed by atoms with Gasteiger partial charge in [-0.3, -0.25) is 13.9 Å². The van der Waals surface area contributed by atoms with Gasteiger partial charge in [0, 0.05) is 13.6 Å². The van der Waals surface area contributed by atoms with Gasteiger partial charge in [-0.1, -0.05) is 67.1 Å². The molecule has 1 atom stereocenters. The number of nitrogens with zero attached hydrogens (tertiary/aromatic N) is 2. The minimum Gasteiger partial charge on any atom is -0.495 e. The smallest absolute Gasteiger partial charge is 0.264 e. The summed E-state index contributed by atoms with van der Waals surface area (Å²) in [6, 6.07) is 21.2. The molecule has 0 heterocycles. The number of amides is 2. The van der Waals surface area contributed by atoms with E-state index in [0.29, 0.717) is 18.6 Å². The minimum atomic E-state index is -4.16. The van der Waals surface area contributed by atoms with Gasteiger partial charge in [0.2, 0.25) is 11.8 Å². The van der Waals surface area contributed by atoms with Crippen LogP contribution in [0.1, 0.15) is 18.9 Å². The van der Waals surface area contributed by atoms with Gasteiger partial charge < -0.3 is 15.0 Å². The molecule has 2 amide bonds. The van der Waals surface area contributed by atoms with Crippen molar-refractivity contribution in [3.63, 3.8) is 0 Å². The Bertz CT molecular complexity index is 1340. The number of anilines is 1. The molecule has 3 aromatic carbocycles. The lowest BCUT2D eigenvalue weighted by Crippen LogP contribution is -2.52. The largest absolute Gasteiger partial charge is 0.495 e. The van der Waals surface area contributed by atoms with Gasteiger partial charge in [-0.05, 0) is 48.7 Å². The zero-order valence-corrected chi connectivity index (χ0v) is 23.2. The van der Waals surface area contributed by atoms with E-state index in [9.17, 15) is 18.0 Å². The molecule has 0 fully saturated rings. The van der Waals surface area contributed by atoms with E-state index >= 15 is 0 Å². The van der Waals surface area contributed by atoms with E-state index in [-0.39, 0.29) is 28.1 Å². The first kappa shape index (κ1) is 29.0. The molecule has 202 valence electrons. The number of carbonyl (C=O) groups excluding carboxylic acids is 2. The molecule has 0 aliphatic heterocycles. The van der Waals surface area contributed by atoms with Crippen LogP contribution in [0.15, 0.2) is 83.8 Å². The van der Waals surface area contributed by atoms with Crippen LogP contribution in [-0.2, 0) is 26.0 Å². The van der Waals surface area contributed by atoms with Gasteiger partial charge in [0.25, 0.3) is 10.0 Å². The Hall–Kier alpha value is -3.56. The summed E-state index contributed by atoms with van der Waals surface area (Å²) >= 11 is 6.32. The van der Waals surface area contributed by atoms with Crippen LogP contribution in [0.2, 0.25) is 5.02 Å². The number of benzene rings is 3. The Morgan fingerprint density at radius 1 is 1.00 bits per heavy atom. The molecule has 0 aliphatic rings. The van der Waals surface area contributed by atoms with Crippen LogP contribution < -0.4 is 14.4 Å². The molecule has 0 unspecified atom stereocenters. The van der Waals surface area contributed by atoms with Gasteiger partial charge in [0.05, 0.1) is 22.7 Å². The number of hydrogen-bond donors (Lipinski definition) is 1. The molecule has 1 N–H and O–H groups in total. The fourth-order valence-electron chi connectivity index (χ4n) is 4.12. The van der Waals surface area contributed by atoms with E-state index in [2.05, 4.69) is 5.32 Å². The topological polar surface area (TPSA) is 96.0 Å². The van der Waals surface area contributed by atoms with Gasteiger partial charge in [-0.15, -0.1) is 0 Å². The molecule has 3 aromatic rings. The van der Waals surface area contributed by atoms with Gasteiger partial charge >= 0.3 is 0 Å². The lowest BCUT2D eigenvalue weighted by molar-refractivity contribution is -0.139. The second-order valence-corrected chi connectivity index (χ2v) is 10.8. The number of nitrogens with one attached hydrogen (secondary N) is 1. The summed E-state index contributed by atoms with van der Waals surface area (Å²) in [5.41, 5.74) is 1.19. The lowest BCUT2D eigenvalue weighted by atomic mass is 10.1. The summed E-state index contributed by atoms with van der Waals surface area (Å²) in [4.78, 5) is 28.0. The van der Waals surface area contributed by atoms with E-state index in [4.69, 9.17) is 16.3 Å². The summed E-state index contributed by atoms with van der Waals surface area (Å²) in [5.74, 6) is -0.462. The van der Waals surface area contributed by atoms with Crippen LogP contribution in [0.5, 0.6) is 5.75 Å². The number of carbonyl (C=O) groups is 2. The average Bonchev–Trinajstić information content (AvgIpc) is 2.94. The molecular weight excluding hydrogens is 526 g/mol. The zero-order chi connectivity index (χ0) is 27.7. The van der Waals surface area contributed by atoms with Crippen LogP contribution in [0.3, 0.4) is 0 Å². The molecule has 0 saturated heterocycles. The molecule has 0 saturated carbocycles. The fourth-order valence-corrected chi connectivity index (χ4v) is 5.80. The van der Waals surface area contributed by atoms with Gasteiger partial charge in [0.15, 0.2) is 0 Å². The van der Waals surface area contributed by atoms with Crippen molar-refractivity contribution in [2.75, 3.05) is 31.6 Å². The second-order valence-electron chi connectivity index (χ2n) is 8.50. The number of hydrogen-bond acceptors (Lipinski definition) is 5. The van der Waals surface area contributed by atoms with Crippen molar-refractivity contribution < 1.29 is 22.7 Å². The van der Waals surface area contributed by atoms with Crippen molar-refractivity contribution in [3.05, 3.63) is 89.4 Å².